The van der Waals surface area contributed by atoms with E-state index in [2.05, 4.69) is 24.5 Å². The summed E-state index contributed by atoms with van der Waals surface area (Å²) in [6.07, 6.45) is 4.94. The predicted octanol–water partition coefficient (Wildman–Crippen LogP) is 1.93. The predicted molar refractivity (Wildman–Crippen MR) is 67.3 cm³/mol. The Kier molecular flexibility index (Phi) is 5.81. The van der Waals surface area contributed by atoms with E-state index in [1.54, 1.807) is 0 Å². The lowest BCUT2D eigenvalue weighted by Crippen LogP contribution is -2.44. The lowest BCUT2D eigenvalue weighted by molar-refractivity contribution is -0.122. The topological polar surface area (TPSA) is 41.1 Å². The second-order valence-electron chi connectivity index (χ2n) is 5.09. The van der Waals surface area contributed by atoms with Crippen LogP contribution in [0.2, 0.25) is 0 Å². The smallest absolute Gasteiger partial charge is 0.236 e. The molecule has 0 saturated heterocycles. The molecular formula is C13H26N2O. The van der Waals surface area contributed by atoms with E-state index in [4.69, 9.17) is 0 Å². The Balaban J connectivity index is 2.07. The lowest BCUT2D eigenvalue weighted by Gasteiger charge is -2.17. The summed E-state index contributed by atoms with van der Waals surface area (Å²) in [5.74, 6) is 1.75. The van der Waals surface area contributed by atoms with E-state index in [0.29, 0.717) is 5.92 Å². The molecule has 94 valence electrons. The van der Waals surface area contributed by atoms with Crippen LogP contribution >= 0.6 is 0 Å². The number of unbranched alkanes of at least 4 members (excludes halogenated alkanes) is 1. The van der Waals surface area contributed by atoms with Crippen LogP contribution in [0.1, 0.15) is 46.5 Å². The molecule has 0 spiro atoms. The van der Waals surface area contributed by atoms with Crippen molar-refractivity contribution >= 4 is 5.91 Å². The van der Waals surface area contributed by atoms with Crippen molar-refractivity contribution in [3.8, 4) is 0 Å². The molecule has 0 bridgehead atoms. The maximum atomic E-state index is 11.6. The molecule has 0 aromatic heterocycles. The van der Waals surface area contributed by atoms with Crippen LogP contribution in [0.4, 0.5) is 0 Å². The van der Waals surface area contributed by atoms with Gasteiger partial charge in [-0.2, -0.15) is 0 Å². The summed E-state index contributed by atoms with van der Waals surface area (Å²) in [6, 6.07) is -0.0574. The average Bonchev–Trinajstić information content (AvgIpc) is 3.09. The molecule has 1 rings (SSSR count). The van der Waals surface area contributed by atoms with Crippen LogP contribution in [-0.2, 0) is 4.79 Å². The van der Waals surface area contributed by atoms with E-state index in [9.17, 15) is 4.79 Å². The first-order valence-electron chi connectivity index (χ1n) is 6.66. The van der Waals surface area contributed by atoms with Gasteiger partial charge in [-0.25, -0.2) is 0 Å². The highest BCUT2D eigenvalue weighted by molar-refractivity contribution is 5.81. The first kappa shape index (κ1) is 13.5. The minimum Gasteiger partial charge on any atom is -0.355 e. The normalized spacial score (nSPS) is 19.2. The van der Waals surface area contributed by atoms with Crippen molar-refractivity contribution in [2.75, 3.05) is 13.1 Å². The van der Waals surface area contributed by atoms with Gasteiger partial charge in [0.2, 0.25) is 5.91 Å². The van der Waals surface area contributed by atoms with Crippen molar-refractivity contribution in [2.24, 2.45) is 11.8 Å². The van der Waals surface area contributed by atoms with Crippen molar-refractivity contribution in [1.29, 1.82) is 0 Å². The molecule has 0 aromatic carbocycles. The van der Waals surface area contributed by atoms with E-state index < -0.39 is 0 Å². The van der Waals surface area contributed by atoms with Gasteiger partial charge in [-0.05, 0) is 44.6 Å². The molecular weight excluding hydrogens is 200 g/mol. The molecule has 1 saturated carbocycles. The van der Waals surface area contributed by atoms with Gasteiger partial charge >= 0.3 is 0 Å². The highest BCUT2D eigenvalue weighted by Crippen LogP contribution is 2.36. The van der Waals surface area contributed by atoms with Gasteiger partial charge in [0.15, 0.2) is 0 Å². The van der Waals surface area contributed by atoms with Gasteiger partial charge in [-0.3, -0.25) is 4.79 Å². The van der Waals surface area contributed by atoms with Crippen molar-refractivity contribution in [2.45, 2.75) is 52.5 Å². The highest BCUT2D eigenvalue weighted by atomic mass is 16.2. The van der Waals surface area contributed by atoms with E-state index in [-0.39, 0.29) is 11.9 Å². The first-order valence-corrected chi connectivity index (χ1v) is 6.66. The van der Waals surface area contributed by atoms with Gasteiger partial charge in [-0.1, -0.05) is 20.3 Å². The van der Waals surface area contributed by atoms with Crippen molar-refractivity contribution in [3.05, 3.63) is 0 Å². The van der Waals surface area contributed by atoms with Crippen LogP contribution in [0, 0.1) is 11.8 Å². The van der Waals surface area contributed by atoms with Crippen molar-refractivity contribution in [3.63, 3.8) is 0 Å². The molecule has 2 unspecified atom stereocenters. The fourth-order valence-corrected chi connectivity index (χ4v) is 1.83. The third-order valence-corrected chi connectivity index (χ3v) is 3.40. The number of hydrogen-bond donors (Lipinski definition) is 2. The largest absolute Gasteiger partial charge is 0.355 e. The summed E-state index contributed by atoms with van der Waals surface area (Å²) in [7, 11) is 0. The summed E-state index contributed by atoms with van der Waals surface area (Å²) < 4.78 is 0. The molecule has 0 aliphatic heterocycles. The van der Waals surface area contributed by atoms with Crippen LogP contribution in [0.3, 0.4) is 0 Å². The van der Waals surface area contributed by atoms with Crippen molar-refractivity contribution in [1.82, 2.24) is 10.6 Å². The Morgan fingerprint density at radius 1 is 1.38 bits per heavy atom. The molecule has 3 heteroatoms. The molecule has 2 N–H and O–H groups in total. The minimum atomic E-state index is -0.0574. The van der Waals surface area contributed by atoms with Crippen LogP contribution in [0.25, 0.3) is 0 Å². The van der Waals surface area contributed by atoms with E-state index in [1.165, 1.54) is 12.8 Å². The summed E-state index contributed by atoms with van der Waals surface area (Å²) in [6.45, 7) is 8.12. The maximum absolute atomic E-state index is 11.6. The first-order chi connectivity index (χ1) is 7.65. The zero-order valence-corrected chi connectivity index (χ0v) is 10.9. The summed E-state index contributed by atoms with van der Waals surface area (Å²) >= 11 is 0. The standard InChI is InChI=1S/C13H26N2O/c1-4-5-8-14-13(16)11(3)15-9-10(2)12-6-7-12/h10-12,15H,4-9H2,1-3H3,(H,14,16). The van der Waals surface area contributed by atoms with Crippen LogP contribution in [-0.4, -0.2) is 25.0 Å². The number of amides is 1. The third-order valence-electron chi connectivity index (χ3n) is 3.40. The quantitative estimate of drug-likeness (QED) is 0.621. The number of rotatable bonds is 8. The molecule has 1 aliphatic carbocycles. The molecule has 0 heterocycles. The zero-order chi connectivity index (χ0) is 12.0. The number of carbonyl (C=O) groups is 1. The summed E-state index contributed by atoms with van der Waals surface area (Å²) in [5.41, 5.74) is 0. The monoisotopic (exact) mass is 226 g/mol. The summed E-state index contributed by atoms with van der Waals surface area (Å²) in [5, 5.41) is 6.27. The molecule has 1 aliphatic rings. The number of nitrogens with one attached hydrogen (secondary N) is 2. The molecule has 3 nitrogen and oxygen atoms in total. The Morgan fingerprint density at radius 3 is 2.62 bits per heavy atom. The van der Waals surface area contributed by atoms with Crippen LogP contribution in [0.15, 0.2) is 0 Å². The van der Waals surface area contributed by atoms with Crippen LogP contribution < -0.4 is 10.6 Å². The van der Waals surface area contributed by atoms with Gasteiger partial charge in [-0.15, -0.1) is 0 Å². The zero-order valence-electron chi connectivity index (χ0n) is 10.9. The van der Waals surface area contributed by atoms with Gasteiger partial charge < -0.3 is 10.6 Å². The second kappa shape index (κ2) is 6.89. The highest BCUT2D eigenvalue weighted by Gasteiger charge is 2.28. The van der Waals surface area contributed by atoms with Gasteiger partial charge in [0, 0.05) is 6.54 Å². The van der Waals surface area contributed by atoms with Gasteiger partial charge in [0.1, 0.15) is 0 Å². The van der Waals surface area contributed by atoms with E-state index >= 15 is 0 Å². The molecule has 0 aromatic rings. The Bertz CT molecular complexity index is 214. The van der Waals surface area contributed by atoms with Gasteiger partial charge in [0.25, 0.3) is 0 Å². The third kappa shape index (κ3) is 4.97. The Morgan fingerprint density at radius 2 is 2.06 bits per heavy atom. The Labute approximate surface area is 99.4 Å². The van der Waals surface area contributed by atoms with Crippen molar-refractivity contribution < 1.29 is 4.79 Å². The average molecular weight is 226 g/mol. The fourth-order valence-electron chi connectivity index (χ4n) is 1.83. The molecule has 1 fully saturated rings. The van der Waals surface area contributed by atoms with Gasteiger partial charge in [0.05, 0.1) is 6.04 Å². The number of hydrogen-bond acceptors (Lipinski definition) is 2. The molecule has 2 atom stereocenters. The molecule has 1 amide bonds. The second-order valence-corrected chi connectivity index (χ2v) is 5.09. The Hall–Kier alpha value is -0.570. The summed E-state index contributed by atoms with van der Waals surface area (Å²) in [4.78, 5) is 11.6. The SMILES string of the molecule is CCCCNC(=O)C(C)NCC(C)C1CC1. The van der Waals surface area contributed by atoms with E-state index in [1.807, 2.05) is 6.92 Å². The molecule has 16 heavy (non-hydrogen) atoms. The van der Waals surface area contributed by atoms with E-state index in [0.717, 1.165) is 31.8 Å². The van der Waals surface area contributed by atoms with Crippen LogP contribution in [0.5, 0.6) is 0 Å². The molecule has 0 radical (unpaired) electrons. The number of carbonyl (C=O) groups excluding carboxylic acids is 1. The minimum absolute atomic E-state index is 0.0574. The fraction of sp³-hybridized carbons (Fsp3) is 0.923. The lowest BCUT2D eigenvalue weighted by atomic mass is 10.1. The maximum Gasteiger partial charge on any atom is 0.236 e.